The molecule has 1 aliphatic rings. The predicted octanol–water partition coefficient (Wildman–Crippen LogP) is 1.71. The number of hydrogen-bond donors (Lipinski definition) is 1. The summed E-state index contributed by atoms with van der Waals surface area (Å²) in [6, 6.07) is 0. The van der Waals surface area contributed by atoms with Crippen molar-refractivity contribution >= 4 is 11.9 Å². The van der Waals surface area contributed by atoms with Gasteiger partial charge in [0.1, 0.15) is 0 Å². The highest BCUT2D eigenvalue weighted by Gasteiger charge is 2.29. The lowest BCUT2D eigenvalue weighted by molar-refractivity contribution is 0.0691. The maximum absolute atomic E-state index is 10.9. The maximum Gasteiger partial charge on any atom is 0.360 e. The van der Waals surface area contributed by atoms with E-state index in [2.05, 4.69) is 4.98 Å². The molecular formula is C10H14N2O3. The second-order valence-electron chi connectivity index (χ2n) is 4.03. The van der Waals surface area contributed by atoms with Crippen molar-refractivity contribution in [3.8, 4) is 0 Å². The van der Waals surface area contributed by atoms with Crippen molar-refractivity contribution in [2.24, 2.45) is 0 Å². The number of carboxylic acid groups (broad SMARTS) is 1. The number of hydrogen-bond acceptors (Lipinski definition) is 4. The number of anilines is 1. The zero-order chi connectivity index (χ0) is 11.0. The Morgan fingerprint density at radius 2 is 2.20 bits per heavy atom. The second-order valence-corrected chi connectivity index (χ2v) is 4.03. The molecule has 0 spiro atoms. The summed E-state index contributed by atoms with van der Waals surface area (Å²) in [6.07, 6.45) is 3.27. The van der Waals surface area contributed by atoms with Gasteiger partial charge in [-0.25, -0.2) is 9.78 Å². The van der Waals surface area contributed by atoms with Crippen LogP contribution < -0.4 is 4.90 Å². The average molecular weight is 210 g/mol. The van der Waals surface area contributed by atoms with Gasteiger partial charge in [-0.3, -0.25) is 0 Å². The van der Waals surface area contributed by atoms with Gasteiger partial charge < -0.3 is 14.4 Å². The minimum Gasteiger partial charge on any atom is -0.476 e. The number of rotatable bonds is 3. The summed E-state index contributed by atoms with van der Waals surface area (Å²) in [6.45, 7) is 0. The van der Waals surface area contributed by atoms with Gasteiger partial charge in [0.15, 0.2) is 0 Å². The summed E-state index contributed by atoms with van der Waals surface area (Å²) >= 11 is 0. The number of carboxylic acids is 1. The summed E-state index contributed by atoms with van der Waals surface area (Å²) in [4.78, 5) is 16.6. The van der Waals surface area contributed by atoms with E-state index in [0.29, 0.717) is 17.7 Å². The van der Waals surface area contributed by atoms with Crippen molar-refractivity contribution in [3.05, 3.63) is 11.6 Å². The predicted molar refractivity (Wildman–Crippen MR) is 54.4 cm³/mol. The molecule has 1 heterocycles. The topological polar surface area (TPSA) is 66.6 Å². The largest absolute Gasteiger partial charge is 0.476 e. The molecule has 0 saturated heterocycles. The monoisotopic (exact) mass is 210 g/mol. The smallest absolute Gasteiger partial charge is 0.360 e. The fourth-order valence-corrected chi connectivity index (χ4v) is 1.60. The summed E-state index contributed by atoms with van der Waals surface area (Å²) in [5.41, 5.74) is 0.0156. The molecule has 5 nitrogen and oxygen atoms in total. The van der Waals surface area contributed by atoms with Crippen molar-refractivity contribution in [2.75, 3.05) is 19.0 Å². The van der Waals surface area contributed by atoms with E-state index in [9.17, 15) is 4.79 Å². The summed E-state index contributed by atoms with van der Waals surface area (Å²) in [7, 11) is 3.50. The molecule has 0 amide bonds. The van der Waals surface area contributed by atoms with Crippen LogP contribution in [0.4, 0.5) is 5.88 Å². The fraction of sp³-hybridized carbons (Fsp3) is 0.600. The Labute approximate surface area is 87.7 Å². The van der Waals surface area contributed by atoms with Crippen LogP contribution in [0, 0.1) is 0 Å². The Morgan fingerprint density at radius 3 is 2.53 bits per heavy atom. The van der Waals surface area contributed by atoms with E-state index in [1.54, 1.807) is 19.0 Å². The molecule has 0 aromatic carbocycles. The number of oxazole rings is 1. The average Bonchev–Trinajstić information content (AvgIpc) is 2.45. The minimum absolute atomic E-state index is 0.0156. The highest BCUT2D eigenvalue weighted by atomic mass is 16.4. The molecule has 15 heavy (non-hydrogen) atoms. The molecule has 0 aliphatic heterocycles. The van der Waals surface area contributed by atoms with Crippen LogP contribution in [0.3, 0.4) is 0 Å². The summed E-state index contributed by atoms with van der Waals surface area (Å²) < 4.78 is 5.48. The van der Waals surface area contributed by atoms with Crippen molar-refractivity contribution in [1.82, 2.24) is 4.98 Å². The molecule has 82 valence electrons. The highest BCUT2D eigenvalue weighted by molar-refractivity contribution is 5.90. The Balaban J connectivity index is 2.34. The number of carbonyl (C=O) groups is 1. The van der Waals surface area contributed by atoms with E-state index < -0.39 is 5.97 Å². The fourth-order valence-electron chi connectivity index (χ4n) is 1.60. The molecule has 2 rings (SSSR count). The molecule has 0 radical (unpaired) electrons. The molecule has 0 unspecified atom stereocenters. The Kier molecular flexibility index (Phi) is 2.38. The standard InChI is InChI=1S/C10H14N2O3/c1-12(2)9-7(10(13)14)11-8(15-9)6-4-3-5-6/h6H,3-5H2,1-2H3,(H,13,14). The van der Waals surface area contributed by atoms with Gasteiger partial charge >= 0.3 is 5.97 Å². The zero-order valence-corrected chi connectivity index (χ0v) is 8.86. The molecule has 1 aromatic rings. The number of nitrogens with zero attached hydrogens (tertiary/aromatic N) is 2. The third-order valence-corrected chi connectivity index (χ3v) is 2.69. The van der Waals surface area contributed by atoms with E-state index in [4.69, 9.17) is 9.52 Å². The Hall–Kier alpha value is -1.52. The minimum atomic E-state index is -1.03. The highest BCUT2D eigenvalue weighted by Crippen LogP contribution is 2.37. The van der Waals surface area contributed by atoms with Gasteiger partial charge in [0, 0.05) is 20.0 Å². The van der Waals surface area contributed by atoms with Crippen LogP contribution in [0.5, 0.6) is 0 Å². The van der Waals surface area contributed by atoms with Crippen LogP contribution in [-0.2, 0) is 0 Å². The molecule has 1 fully saturated rings. The van der Waals surface area contributed by atoms with Crippen LogP contribution in [0.25, 0.3) is 0 Å². The number of aromatic nitrogens is 1. The van der Waals surface area contributed by atoms with Gasteiger partial charge in [-0.05, 0) is 12.8 Å². The van der Waals surface area contributed by atoms with Gasteiger partial charge in [-0.1, -0.05) is 6.42 Å². The third-order valence-electron chi connectivity index (χ3n) is 2.69. The van der Waals surface area contributed by atoms with Crippen molar-refractivity contribution in [1.29, 1.82) is 0 Å². The van der Waals surface area contributed by atoms with Crippen molar-refractivity contribution < 1.29 is 14.3 Å². The first kappa shape index (κ1) is 10.0. The molecule has 1 aliphatic carbocycles. The van der Waals surface area contributed by atoms with E-state index >= 15 is 0 Å². The van der Waals surface area contributed by atoms with Crippen LogP contribution in [0.2, 0.25) is 0 Å². The van der Waals surface area contributed by atoms with Crippen LogP contribution in [0.1, 0.15) is 41.6 Å². The van der Waals surface area contributed by atoms with E-state index in [-0.39, 0.29) is 5.69 Å². The van der Waals surface area contributed by atoms with Gasteiger partial charge in [0.25, 0.3) is 0 Å². The Bertz CT molecular complexity index is 380. The van der Waals surface area contributed by atoms with E-state index in [1.807, 2.05) is 0 Å². The molecule has 5 heteroatoms. The lowest BCUT2D eigenvalue weighted by Crippen LogP contribution is -2.12. The first-order valence-corrected chi connectivity index (χ1v) is 5.01. The molecule has 1 aromatic heterocycles. The summed E-state index contributed by atoms with van der Waals surface area (Å²) in [5, 5.41) is 8.95. The van der Waals surface area contributed by atoms with Gasteiger partial charge in [-0.2, -0.15) is 0 Å². The first-order chi connectivity index (χ1) is 7.09. The van der Waals surface area contributed by atoms with Crippen molar-refractivity contribution in [2.45, 2.75) is 25.2 Å². The van der Waals surface area contributed by atoms with Gasteiger partial charge in [-0.15, -0.1) is 0 Å². The Morgan fingerprint density at radius 1 is 1.53 bits per heavy atom. The molecule has 0 atom stereocenters. The first-order valence-electron chi connectivity index (χ1n) is 5.01. The maximum atomic E-state index is 10.9. The molecule has 1 saturated carbocycles. The van der Waals surface area contributed by atoms with Crippen LogP contribution in [0.15, 0.2) is 4.42 Å². The lowest BCUT2D eigenvalue weighted by Gasteiger charge is -2.21. The normalized spacial score (nSPS) is 16.1. The van der Waals surface area contributed by atoms with Gasteiger partial charge in [0.05, 0.1) is 0 Å². The third kappa shape index (κ3) is 1.69. The quantitative estimate of drug-likeness (QED) is 0.822. The summed E-state index contributed by atoms with van der Waals surface area (Å²) in [5.74, 6) is 0.191. The molecule has 0 bridgehead atoms. The van der Waals surface area contributed by atoms with Crippen molar-refractivity contribution in [3.63, 3.8) is 0 Å². The number of aromatic carboxylic acids is 1. The van der Waals surface area contributed by atoms with E-state index in [0.717, 1.165) is 12.8 Å². The van der Waals surface area contributed by atoms with Crippen LogP contribution in [-0.4, -0.2) is 30.2 Å². The van der Waals surface area contributed by atoms with Gasteiger partial charge in [0.2, 0.25) is 17.5 Å². The SMILES string of the molecule is CN(C)c1oc(C2CCC2)nc1C(=O)O. The second kappa shape index (κ2) is 3.56. The molecule has 1 N–H and O–H groups in total. The van der Waals surface area contributed by atoms with E-state index in [1.165, 1.54) is 6.42 Å². The zero-order valence-electron chi connectivity index (χ0n) is 8.86. The molecular weight excluding hydrogens is 196 g/mol. The van der Waals surface area contributed by atoms with Crippen LogP contribution >= 0.6 is 0 Å². The lowest BCUT2D eigenvalue weighted by atomic mass is 9.85.